The molecule has 1 amide bonds. The van der Waals surface area contributed by atoms with Crippen molar-refractivity contribution in [2.45, 2.75) is 32.7 Å². The van der Waals surface area contributed by atoms with Gasteiger partial charge in [0.2, 0.25) is 0 Å². The van der Waals surface area contributed by atoms with Gasteiger partial charge in [-0.1, -0.05) is 29.3 Å². The standard InChI is InChI=1S/C24H32N6O/c1-17-11-18(2)13-19(12-17)14-29-9-6-20(15-29)21-5-7-25-23-22(27-16-30(21)23)24(31)26-8-10-28(3)4/h5,7,11-13,16,20H,6,8-10,14-15H2,1-4H3,(H,26,31)/t20-/m0/s1. The predicted octanol–water partition coefficient (Wildman–Crippen LogP) is 2.63. The quantitative estimate of drug-likeness (QED) is 0.637. The molecule has 1 fully saturated rings. The zero-order valence-electron chi connectivity index (χ0n) is 18.9. The van der Waals surface area contributed by atoms with Gasteiger partial charge in [0.15, 0.2) is 11.3 Å². The van der Waals surface area contributed by atoms with Crippen LogP contribution < -0.4 is 5.32 Å². The van der Waals surface area contributed by atoms with Gasteiger partial charge in [0, 0.05) is 44.0 Å². The number of hydrogen-bond donors (Lipinski definition) is 1. The molecule has 0 saturated carbocycles. The Morgan fingerprint density at radius 1 is 1.19 bits per heavy atom. The summed E-state index contributed by atoms with van der Waals surface area (Å²) in [6, 6.07) is 8.84. The van der Waals surface area contributed by atoms with Crippen molar-refractivity contribution in [1.29, 1.82) is 0 Å². The molecule has 1 saturated heterocycles. The summed E-state index contributed by atoms with van der Waals surface area (Å²) in [5, 5.41) is 2.94. The van der Waals surface area contributed by atoms with Crippen LogP contribution in [-0.2, 0) is 6.54 Å². The van der Waals surface area contributed by atoms with Gasteiger partial charge >= 0.3 is 0 Å². The van der Waals surface area contributed by atoms with Gasteiger partial charge in [0.25, 0.3) is 5.91 Å². The van der Waals surface area contributed by atoms with E-state index >= 15 is 0 Å². The molecule has 0 bridgehead atoms. The van der Waals surface area contributed by atoms with Crippen molar-refractivity contribution < 1.29 is 4.79 Å². The summed E-state index contributed by atoms with van der Waals surface area (Å²) in [5.41, 5.74) is 6.20. The number of likely N-dealkylation sites (tertiary alicyclic amines) is 1. The van der Waals surface area contributed by atoms with Crippen molar-refractivity contribution in [3.05, 3.63) is 64.9 Å². The number of nitrogens with zero attached hydrogens (tertiary/aromatic N) is 5. The monoisotopic (exact) mass is 420 g/mol. The first-order chi connectivity index (χ1) is 14.9. The fourth-order valence-corrected chi connectivity index (χ4v) is 4.52. The lowest BCUT2D eigenvalue weighted by molar-refractivity contribution is 0.0948. The molecule has 2 aromatic heterocycles. The van der Waals surface area contributed by atoms with Crippen LogP contribution >= 0.6 is 0 Å². The number of amides is 1. The van der Waals surface area contributed by atoms with Gasteiger partial charge in [-0.3, -0.25) is 14.1 Å². The fraction of sp³-hybridized carbons (Fsp3) is 0.458. The summed E-state index contributed by atoms with van der Waals surface area (Å²) in [6.45, 7) is 8.71. The zero-order valence-corrected chi connectivity index (χ0v) is 18.9. The van der Waals surface area contributed by atoms with Crippen LogP contribution in [0.2, 0.25) is 0 Å². The van der Waals surface area contributed by atoms with Gasteiger partial charge in [0.05, 0.1) is 0 Å². The molecule has 1 aliphatic heterocycles. The minimum atomic E-state index is -0.170. The summed E-state index contributed by atoms with van der Waals surface area (Å²) in [5.74, 6) is 0.229. The van der Waals surface area contributed by atoms with Crippen LogP contribution in [0.15, 0.2) is 36.8 Å². The van der Waals surface area contributed by atoms with E-state index in [1.807, 2.05) is 23.4 Å². The Balaban J connectivity index is 1.47. The molecular formula is C24H32N6O. The van der Waals surface area contributed by atoms with Gasteiger partial charge in [-0.2, -0.15) is 0 Å². The molecule has 7 nitrogen and oxygen atoms in total. The molecule has 164 valence electrons. The minimum absolute atomic E-state index is 0.170. The number of hydrogen-bond acceptors (Lipinski definition) is 5. The molecule has 0 unspecified atom stereocenters. The van der Waals surface area contributed by atoms with E-state index in [4.69, 9.17) is 0 Å². The molecule has 0 radical (unpaired) electrons. The maximum atomic E-state index is 12.6. The summed E-state index contributed by atoms with van der Waals surface area (Å²) >= 11 is 0. The molecular weight excluding hydrogens is 388 g/mol. The number of aryl methyl sites for hydroxylation is 2. The van der Waals surface area contributed by atoms with E-state index in [-0.39, 0.29) is 5.91 Å². The number of benzene rings is 1. The molecule has 1 atom stereocenters. The van der Waals surface area contributed by atoms with E-state index in [0.717, 1.165) is 32.6 Å². The first kappa shape index (κ1) is 21.5. The Hall–Kier alpha value is -2.77. The summed E-state index contributed by atoms with van der Waals surface area (Å²) in [7, 11) is 3.97. The number of nitrogens with one attached hydrogen (secondary N) is 1. The predicted molar refractivity (Wildman–Crippen MR) is 122 cm³/mol. The first-order valence-electron chi connectivity index (χ1n) is 10.9. The second kappa shape index (κ2) is 9.16. The highest BCUT2D eigenvalue weighted by Crippen LogP contribution is 2.29. The van der Waals surface area contributed by atoms with E-state index in [1.165, 1.54) is 22.4 Å². The molecule has 3 heterocycles. The second-order valence-electron chi connectivity index (χ2n) is 8.93. The van der Waals surface area contributed by atoms with E-state index in [9.17, 15) is 4.79 Å². The summed E-state index contributed by atoms with van der Waals surface area (Å²) < 4.78 is 1.99. The van der Waals surface area contributed by atoms with E-state index in [1.54, 1.807) is 12.5 Å². The molecule has 0 aliphatic carbocycles. The topological polar surface area (TPSA) is 65.8 Å². The minimum Gasteiger partial charge on any atom is -0.349 e. The van der Waals surface area contributed by atoms with Crippen molar-refractivity contribution >= 4 is 11.6 Å². The second-order valence-corrected chi connectivity index (χ2v) is 8.93. The van der Waals surface area contributed by atoms with Crippen LogP contribution in [0, 0.1) is 13.8 Å². The number of fused-ring (bicyclic) bond motifs is 1. The Kier molecular flexibility index (Phi) is 6.34. The van der Waals surface area contributed by atoms with Crippen LogP contribution in [0.1, 0.15) is 45.2 Å². The van der Waals surface area contributed by atoms with Crippen LogP contribution in [0.5, 0.6) is 0 Å². The van der Waals surface area contributed by atoms with Gasteiger partial charge < -0.3 is 10.2 Å². The molecule has 4 rings (SSSR count). The first-order valence-corrected chi connectivity index (χ1v) is 10.9. The SMILES string of the molecule is Cc1cc(C)cc(CN2CC[C@H](c3ccnc4c(C(=O)NCCN(C)C)ncn34)C2)c1. The molecule has 1 N–H and O–H groups in total. The lowest BCUT2D eigenvalue weighted by Gasteiger charge is -2.17. The Morgan fingerprint density at radius 2 is 1.97 bits per heavy atom. The number of rotatable bonds is 7. The number of imidazole rings is 1. The Morgan fingerprint density at radius 3 is 2.71 bits per heavy atom. The van der Waals surface area contributed by atoms with Gasteiger partial charge in [-0.15, -0.1) is 0 Å². The molecule has 31 heavy (non-hydrogen) atoms. The third-order valence-electron chi connectivity index (χ3n) is 5.90. The van der Waals surface area contributed by atoms with E-state index < -0.39 is 0 Å². The van der Waals surface area contributed by atoms with Crippen LogP contribution in [0.3, 0.4) is 0 Å². The lowest BCUT2D eigenvalue weighted by Crippen LogP contribution is -2.31. The van der Waals surface area contributed by atoms with Gasteiger partial charge in [-0.25, -0.2) is 9.97 Å². The summed E-state index contributed by atoms with van der Waals surface area (Å²) in [6.07, 6.45) is 4.63. The molecule has 3 aromatic rings. The average Bonchev–Trinajstić information content (AvgIpc) is 3.33. The van der Waals surface area contributed by atoms with E-state index in [2.05, 4.69) is 58.3 Å². The largest absolute Gasteiger partial charge is 0.349 e. The van der Waals surface area contributed by atoms with Gasteiger partial charge in [-0.05, 0) is 52.5 Å². The highest BCUT2D eigenvalue weighted by Gasteiger charge is 2.27. The third kappa shape index (κ3) is 4.94. The maximum absolute atomic E-state index is 12.6. The highest BCUT2D eigenvalue weighted by atomic mass is 16.1. The number of carbonyl (C=O) groups excluding carboxylic acids is 1. The van der Waals surface area contributed by atoms with Crippen molar-refractivity contribution in [3.8, 4) is 0 Å². The molecule has 0 spiro atoms. The summed E-state index contributed by atoms with van der Waals surface area (Å²) in [4.78, 5) is 26.0. The Bertz CT molecular complexity index is 1050. The molecule has 1 aliphatic rings. The fourth-order valence-electron chi connectivity index (χ4n) is 4.52. The van der Waals surface area contributed by atoms with Crippen LogP contribution in [0.4, 0.5) is 0 Å². The molecule has 7 heteroatoms. The van der Waals surface area contributed by atoms with E-state index in [0.29, 0.717) is 23.8 Å². The normalized spacial score (nSPS) is 17.0. The van der Waals surface area contributed by atoms with Crippen molar-refractivity contribution in [1.82, 2.24) is 29.5 Å². The molecule has 1 aromatic carbocycles. The van der Waals surface area contributed by atoms with Crippen LogP contribution in [0.25, 0.3) is 5.65 Å². The van der Waals surface area contributed by atoms with Gasteiger partial charge in [0.1, 0.15) is 6.33 Å². The van der Waals surface area contributed by atoms with Crippen molar-refractivity contribution in [2.24, 2.45) is 0 Å². The number of carbonyl (C=O) groups is 1. The maximum Gasteiger partial charge on any atom is 0.273 e. The Labute approximate surface area is 184 Å². The zero-order chi connectivity index (χ0) is 22.0. The third-order valence-corrected chi connectivity index (χ3v) is 5.90. The smallest absolute Gasteiger partial charge is 0.273 e. The van der Waals surface area contributed by atoms with Crippen molar-refractivity contribution in [3.63, 3.8) is 0 Å². The number of aromatic nitrogens is 3. The van der Waals surface area contributed by atoms with Crippen LogP contribution in [-0.4, -0.2) is 70.4 Å². The highest BCUT2D eigenvalue weighted by molar-refractivity contribution is 5.97. The van der Waals surface area contributed by atoms with Crippen molar-refractivity contribution in [2.75, 3.05) is 40.3 Å². The number of likely N-dealkylation sites (N-methyl/N-ethyl adjacent to an activating group) is 1. The lowest BCUT2D eigenvalue weighted by atomic mass is 10.0. The average molecular weight is 421 g/mol.